The van der Waals surface area contributed by atoms with Gasteiger partial charge in [0.15, 0.2) is 0 Å². The quantitative estimate of drug-likeness (QED) is 0.737. The fourth-order valence-electron chi connectivity index (χ4n) is 1.96. The average Bonchev–Trinajstić information content (AvgIpc) is 2.38. The average molecular weight is 322 g/mol. The molecule has 0 aliphatic heterocycles. The first-order chi connectivity index (χ1) is 8.99. The molecule has 3 N–H and O–H groups in total. The zero-order valence-corrected chi connectivity index (χ0v) is 12.4. The lowest BCUT2D eigenvalue weighted by Crippen LogP contribution is -2.07. The lowest BCUT2D eigenvalue weighted by molar-refractivity contribution is 0.451. The number of phenols is 2. The zero-order chi connectivity index (χ0) is 14.0. The SMILES string of the molecule is Cc1cccc(NC(C)c2cc(O)ccc2O)c1Br. The maximum atomic E-state index is 9.84. The van der Waals surface area contributed by atoms with Crippen LogP contribution in [-0.4, -0.2) is 10.2 Å². The van der Waals surface area contributed by atoms with Gasteiger partial charge < -0.3 is 15.5 Å². The van der Waals surface area contributed by atoms with Gasteiger partial charge in [0.2, 0.25) is 0 Å². The highest BCUT2D eigenvalue weighted by molar-refractivity contribution is 9.10. The number of aromatic hydroxyl groups is 2. The van der Waals surface area contributed by atoms with Crippen LogP contribution in [0.4, 0.5) is 5.69 Å². The van der Waals surface area contributed by atoms with E-state index >= 15 is 0 Å². The predicted octanol–water partition coefficient (Wildman–Crippen LogP) is 4.34. The van der Waals surface area contributed by atoms with E-state index in [1.165, 1.54) is 12.1 Å². The van der Waals surface area contributed by atoms with E-state index in [2.05, 4.69) is 21.2 Å². The normalized spacial score (nSPS) is 12.2. The maximum absolute atomic E-state index is 9.84. The third kappa shape index (κ3) is 3.01. The van der Waals surface area contributed by atoms with Crippen LogP contribution in [0.5, 0.6) is 11.5 Å². The fourth-order valence-corrected chi connectivity index (χ4v) is 2.34. The lowest BCUT2D eigenvalue weighted by atomic mass is 10.1. The second kappa shape index (κ2) is 5.53. The van der Waals surface area contributed by atoms with Gasteiger partial charge in [0.05, 0.1) is 6.04 Å². The van der Waals surface area contributed by atoms with Crippen molar-refractivity contribution in [3.63, 3.8) is 0 Å². The monoisotopic (exact) mass is 321 g/mol. The number of nitrogens with one attached hydrogen (secondary N) is 1. The molecule has 100 valence electrons. The Kier molecular flexibility index (Phi) is 4.00. The van der Waals surface area contributed by atoms with Gasteiger partial charge in [-0.3, -0.25) is 0 Å². The van der Waals surface area contributed by atoms with Crippen molar-refractivity contribution >= 4 is 21.6 Å². The highest BCUT2D eigenvalue weighted by Crippen LogP contribution is 2.33. The van der Waals surface area contributed by atoms with Gasteiger partial charge in [-0.2, -0.15) is 0 Å². The van der Waals surface area contributed by atoms with Crippen LogP contribution in [0.1, 0.15) is 24.1 Å². The Morgan fingerprint density at radius 2 is 1.89 bits per heavy atom. The predicted molar refractivity (Wildman–Crippen MR) is 80.7 cm³/mol. The first kappa shape index (κ1) is 13.7. The summed E-state index contributed by atoms with van der Waals surface area (Å²) >= 11 is 3.54. The van der Waals surface area contributed by atoms with Crippen molar-refractivity contribution in [2.75, 3.05) is 5.32 Å². The summed E-state index contributed by atoms with van der Waals surface area (Å²) in [7, 11) is 0. The van der Waals surface area contributed by atoms with Crippen molar-refractivity contribution in [3.8, 4) is 11.5 Å². The van der Waals surface area contributed by atoms with Gasteiger partial charge in [0.25, 0.3) is 0 Å². The van der Waals surface area contributed by atoms with E-state index in [0.717, 1.165) is 15.7 Å². The van der Waals surface area contributed by atoms with Crippen molar-refractivity contribution < 1.29 is 10.2 Å². The van der Waals surface area contributed by atoms with E-state index in [4.69, 9.17) is 0 Å². The smallest absolute Gasteiger partial charge is 0.121 e. The highest BCUT2D eigenvalue weighted by Gasteiger charge is 2.13. The van der Waals surface area contributed by atoms with Gasteiger partial charge >= 0.3 is 0 Å². The minimum absolute atomic E-state index is 0.120. The second-order valence-corrected chi connectivity index (χ2v) is 5.34. The first-order valence-corrected chi connectivity index (χ1v) is 6.82. The molecule has 0 saturated heterocycles. The van der Waals surface area contributed by atoms with Crippen LogP contribution in [0.2, 0.25) is 0 Å². The highest BCUT2D eigenvalue weighted by atomic mass is 79.9. The Morgan fingerprint density at radius 1 is 1.16 bits per heavy atom. The topological polar surface area (TPSA) is 52.5 Å². The number of phenolic OH excluding ortho intramolecular Hbond substituents is 2. The zero-order valence-electron chi connectivity index (χ0n) is 10.8. The number of anilines is 1. The van der Waals surface area contributed by atoms with Crippen LogP contribution >= 0.6 is 15.9 Å². The molecule has 0 aliphatic carbocycles. The van der Waals surface area contributed by atoms with Gasteiger partial charge in [-0.25, -0.2) is 0 Å². The third-order valence-corrected chi connectivity index (χ3v) is 4.09. The molecular weight excluding hydrogens is 306 g/mol. The number of hydrogen-bond acceptors (Lipinski definition) is 3. The number of hydrogen-bond donors (Lipinski definition) is 3. The molecule has 3 nitrogen and oxygen atoms in total. The van der Waals surface area contributed by atoms with Crippen LogP contribution < -0.4 is 5.32 Å². The van der Waals surface area contributed by atoms with Crippen LogP contribution in [0.3, 0.4) is 0 Å². The minimum Gasteiger partial charge on any atom is -0.508 e. The molecule has 0 heterocycles. The summed E-state index contributed by atoms with van der Waals surface area (Å²) < 4.78 is 1.00. The lowest BCUT2D eigenvalue weighted by Gasteiger charge is -2.18. The van der Waals surface area contributed by atoms with Gasteiger partial charge in [-0.15, -0.1) is 0 Å². The maximum Gasteiger partial charge on any atom is 0.121 e. The molecule has 0 bridgehead atoms. The van der Waals surface area contributed by atoms with Gasteiger partial charge in [-0.05, 0) is 59.6 Å². The van der Waals surface area contributed by atoms with E-state index in [-0.39, 0.29) is 17.5 Å². The molecule has 1 atom stereocenters. The Balaban J connectivity index is 2.28. The third-order valence-electron chi connectivity index (χ3n) is 3.04. The molecule has 0 aromatic heterocycles. The summed E-state index contributed by atoms with van der Waals surface area (Å²) in [6, 6.07) is 10.4. The Labute approximate surface area is 121 Å². The minimum atomic E-state index is -0.120. The van der Waals surface area contributed by atoms with Crippen molar-refractivity contribution in [2.45, 2.75) is 19.9 Å². The van der Waals surface area contributed by atoms with Crippen molar-refractivity contribution in [1.29, 1.82) is 0 Å². The van der Waals surface area contributed by atoms with Gasteiger partial charge in [-0.1, -0.05) is 12.1 Å². The molecule has 0 saturated carbocycles. The van der Waals surface area contributed by atoms with Crippen LogP contribution in [0.15, 0.2) is 40.9 Å². The summed E-state index contributed by atoms with van der Waals surface area (Å²) in [5.74, 6) is 0.311. The molecule has 2 aromatic rings. The molecule has 0 aliphatic rings. The first-order valence-electron chi connectivity index (χ1n) is 6.02. The summed E-state index contributed by atoms with van der Waals surface area (Å²) in [5, 5.41) is 22.7. The molecule has 0 amide bonds. The van der Waals surface area contributed by atoms with E-state index < -0.39 is 0 Å². The molecule has 4 heteroatoms. The second-order valence-electron chi connectivity index (χ2n) is 4.55. The summed E-state index contributed by atoms with van der Waals surface area (Å²) in [6.45, 7) is 3.95. The molecule has 0 radical (unpaired) electrons. The van der Waals surface area contributed by atoms with E-state index in [0.29, 0.717) is 5.56 Å². The summed E-state index contributed by atoms with van der Waals surface area (Å²) in [5.41, 5.74) is 2.75. The van der Waals surface area contributed by atoms with Crippen molar-refractivity contribution in [3.05, 3.63) is 52.0 Å². The van der Waals surface area contributed by atoms with E-state index in [1.807, 2.05) is 32.0 Å². The molecule has 2 aromatic carbocycles. The molecular formula is C15H16BrNO2. The van der Waals surface area contributed by atoms with Crippen LogP contribution in [0, 0.1) is 6.92 Å². The van der Waals surface area contributed by atoms with Crippen LogP contribution in [-0.2, 0) is 0 Å². The number of aryl methyl sites for hydroxylation is 1. The summed E-state index contributed by atoms with van der Waals surface area (Å²) in [4.78, 5) is 0. The Morgan fingerprint density at radius 3 is 2.63 bits per heavy atom. The standard InChI is InChI=1S/C15H16BrNO2/c1-9-4-3-5-13(15(9)16)17-10(2)12-8-11(18)6-7-14(12)19/h3-8,10,17-19H,1-2H3. The number of benzene rings is 2. The largest absolute Gasteiger partial charge is 0.508 e. The molecule has 0 spiro atoms. The Bertz CT molecular complexity index is 599. The summed E-state index contributed by atoms with van der Waals surface area (Å²) in [6.07, 6.45) is 0. The van der Waals surface area contributed by atoms with E-state index in [9.17, 15) is 10.2 Å². The van der Waals surface area contributed by atoms with E-state index in [1.54, 1.807) is 6.07 Å². The van der Waals surface area contributed by atoms with Gasteiger partial charge in [0, 0.05) is 15.7 Å². The number of halogens is 1. The molecule has 0 fully saturated rings. The van der Waals surface area contributed by atoms with Crippen molar-refractivity contribution in [2.24, 2.45) is 0 Å². The molecule has 2 rings (SSSR count). The Hall–Kier alpha value is -1.68. The van der Waals surface area contributed by atoms with Gasteiger partial charge in [0.1, 0.15) is 11.5 Å². The van der Waals surface area contributed by atoms with Crippen molar-refractivity contribution in [1.82, 2.24) is 0 Å². The molecule has 1 unspecified atom stereocenters. The molecule has 19 heavy (non-hydrogen) atoms. The number of rotatable bonds is 3. The van der Waals surface area contributed by atoms with Crippen LogP contribution in [0.25, 0.3) is 0 Å². The fraction of sp³-hybridized carbons (Fsp3) is 0.200.